The molecular weight excluding hydrogens is 524 g/mol. The summed E-state index contributed by atoms with van der Waals surface area (Å²) in [5.41, 5.74) is 1.86. The maximum absolute atomic E-state index is 14.0. The number of para-hydroxylation sites is 1. The van der Waals surface area contributed by atoms with E-state index in [9.17, 15) is 9.59 Å². The predicted molar refractivity (Wildman–Crippen MR) is 150 cm³/mol. The largest absolute Gasteiger partial charge is 0.491 e. The van der Waals surface area contributed by atoms with Gasteiger partial charge in [0.05, 0.1) is 34.6 Å². The number of fused-ring (bicyclic) bond motifs is 1. The Kier molecular flexibility index (Phi) is 8.43. The average molecular weight is 555 g/mol. The van der Waals surface area contributed by atoms with Crippen LogP contribution in [0.5, 0.6) is 11.5 Å². The number of allylic oxidation sites excluding steroid dienone is 1. The summed E-state index contributed by atoms with van der Waals surface area (Å²) in [6, 6.07) is 12.0. The molecule has 0 unspecified atom stereocenters. The van der Waals surface area contributed by atoms with Crippen molar-refractivity contribution in [3.05, 3.63) is 89.6 Å². The number of carbonyl (C=O) groups excluding carboxylic acids is 1. The Morgan fingerprint density at radius 2 is 1.79 bits per heavy atom. The number of carbonyl (C=O) groups is 1. The molecule has 0 fully saturated rings. The van der Waals surface area contributed by atoms with Crippen molar-refractivity contribution in [3.63, 3.8) is 0 Å². The van der Waals surface area contributed by atoms with Crippen molar-refractivity contribution < 1.29 is 19.0 Å². The standard InChI is InChI=1S/C29H31ClN2O5S/c1-7-35-28(34)25-18(6)31-29-32(26(25)21-10-8-9-11-23(21)37-17(4)5)27(33)24(38-29)15-19-14-20(30)12-13-22(19)36-16(2)3/h8-17,26H,7H2,1-6H3/b24-15-/t26-/m1/s1. The second-order valence-corrected chi connectivity index (χ2v) is 10.8. The monoisotopic (exact) mass is 554 g/mol. The molecular formula is C29H31ClN2O5S. The number of hydrogen-bond donors (Lipinski definition) is 0. The van der Waals surface area contributed by atoms with Gasteiger partial charge < -0.3 is 14.2 Å². The molecule has 7 nitrogen and oxygen atoms in total. The molecule has 38 heavy (non-hydrogen) atoms. The molecule has 0 radical (unpaired) electrons. The number of ether oxygens (including phenoxy) is 3. The summed E-state index contributed by atoms with van der Waals surface area (Å²) in [4.78, 5) is 32.3. The van der Waals surface area contributed by atoms with E-state index in [0.29, 0.717) is 48.3 Å². The van der Waals surface area contributed by atoms with Gasteiger partial charge in [-0.05, 0) is 71.9 Å². The zero-order valence-electron chi connectivity index (χ0n) is 22.3. The summed E-state index contributed by atoms with van der Waals surface area (Å²) in [6.45, 7) is 11.4. The Hall–Kier alpha value is -3.36. The van der Waals surface area contributed by atoms with E-state index in [-0.39, 0.29) is 24.4 Å². The van der Waals surface area contributed by atoms with Crippen LogP contribution in [-0.2, 0) is 9.53 Å². The molecule has 0 bridgehead atoms. The van der Waals surface area contributed by atoms with Crippen LogP contribution in [0.1, 0.15) is 58.7 Å². The Balaban J connectivity index is 1.98. The molecule has 4 rings (SSSR count). The molecule has 3 aromatic rings. The topological polar surface area (TPSA) is 79.1 Å². The fourth-order valence-corrected chi connectivity index (χ4v) is 5.51. The molecule has 0 saturated carbocycles. The molecule has 0 amide bonds. The molecule has 1 aromatic heterocycles. The molecule has 2 aromatic carbocycles. The van der Waals surface area contributed by atoms with E-state index >= 15 is 0 Å². The smallest absolute Gasteiger partial charge is 0.338 e. The van der Waals surface area contributed by atoms with Gasteiger partial charge in [-0.25, -0.2) is 9.79 Å². The van der Waals surface area contributed by atoms with Crippen LogP contribution in [-0.4, -0.2) is 29.4 Å². The Morgan fingerprint density at radius 3 is 2.47 bits per heavy atom. The fraction of sp³-hybridized carbons (Fsp3) is 0.345. The number of benzene rings is 2. The number of halogens is 1. The van der Waals surface area contributed by atoms with E-state index in [4.69, 9.17) is 25.8 Å². The fourth-order valence-electron chi connectivity index (χ4n) is 4.29. The van der Waals surface area contributed by atoms with Crippen molar-refractivity contribution in [1.29, 1.82) is 0 Å². The minimum Gasteiger partial charge on any atom is -0.491 e. The lowest BCUT2D eigenvalue weighted by atomic mass is 9.95. The molecule has 0 spiro atoms. The van der Waals surface area contributed by atoms with Gasteiger partial charge in [-0.3, -0.25) is 9.36 Å². The molecule has 0 aliphatic carbocycles. The number of aromatic nitrogens is 1. The van der Waals surface area contributed by atoms with Gasteiger partial charge in [-0.2, -0.15) is 0 Å². The number of esters is 1. The number of hydrogen-bond acceptors (Lipinski definition) is 7. The Morgan fingerprint density at radius 1 is 1.11 bits per heavy atom. The lowest BCUT2D eigenvalue weighted by Crippen LogP contribution is -2.40. The van der Waals surface area contributed by atoms with E-state index < -0.39 is 12.0 Å². The summed E-state index contributed by atoms with van der Waals surface area (Å²) in [6.07, 6.45) is 1.59. The number of thiazole rings is 1. The van der Waals surface area contributed by atoms with E-state index in [1.54, 1.807) is 42.7 Å². The van der Waals surface area contributed by atoms with Gasteiger partial charge in [0, 0.05) is 16.1 Å². The second-order valence-electron chi connectivity index (χ2n) is 9.36. The number of nitrogens with zero attached hydrogens (tertiary/aromatic N) is 2. The van der Waals surface area contributed by atoms with Crippen LogP contribution in [0.2, 0.25) is 5.02 Å². The molecule has 200 valence electrons. The lowest BCUT2D eigenvalue weighted by Gasteiger charge is -2.26. The number of rotatable bonds is 8. The van der Waals surface area contributed by atoms with Crippen LogP contribution >= 0.6 is 22.9 Å². The Bertz CT molecular complexity index is 1570. The highest BCUT2D eigenvalue weighted by Gasteiger charge is 2.35. The molecule has 1 atom stereocenters. The Labute approximate surface area is 230 Å². The molecule has 1 aliphatic rings. The molecule has 0 N–H and O–H groups in total. The van der Waals surface area contributed by atoms with Crippen LogP contribution in [0.25, 0.3) is 6.08 Å². The van der Waals surface area contributed by atoms with E-state index in [2.05, 4.69) is 4.99 Å². The van der Waals surface area contributed by atoms with Crippen molar-refractivity contribution in [1.82, 2.24) is 4.57 Å². The quantitative estimate of drug-likeness (QED) is 0.365. The zero-order chi connectivity index (χ0) is 27.6. The zero-order valence-corrected chi connectivity index (χ0v) is 23.9. The summed E-state index contributed by atoms with van der Waals surface area (Å²) < 4.78 is 19.4. The van der Waals surface area contributed by atoms with E-state index in [0.717, 1.165) is 0 Å². The maximum Gasteiger partial charge on any atom is 0.338 e. The van der Waals surface area contributed by atoms with Crippen LogP contribution in [0.4, 0.5) is 0 Å². The third kappa shape index (κ3) is 5.71. The first-order chi connectivity index (χ1) is 18.1. The molecule has 2 heterocycles. The van der Waals surface area contributed by atoms with Crippen molar-refractivity contribution in [2.24, 2.45) is 4.99 Å². The lowest BCUT2D eigenvalue weighted by molar-refractivity contribution is -0.139. The first-order valence-electron chi connectivity index (χ1n) is 12.5. The highest BCUT2D eigenvalue weighted by molar-refractivity contribution is 7.07. The summed E-state index contributed by atoms with van der Waals surface area (Å²) in [5, 5.41) is 0.526. The summed E-state index contributed by atoms with van der Waals surface area (Å²) in [5.74, 6) is 0.682. The average Bonchev–Trinajstić information content (AvgIpc) is 3.14. The highest BCUT2D eigenvalue weighted by Crippen LogP contribution is 2.36. The molecule has 0 saturated heterocycles. The third-order valence-corrected chi connectivity index (χ3v) is 6.93. The van der Waals surface area contributed by atoms with Crippen LogP contribution in [0.15, 0.2) is 63.5 Å². The maximum atomic E-state index is 14.0. The summed E-state index contributed by atoms with van der Waals surface area (Å²) >= 11 is 7.52. The van der Waals surface area contributed by atoms with Crippen LogP contribution in [0.3, 0.4) is 0 Å². The van der Waals surface area contributed by atoms with Crippen molar-refractivity contribution >= 4 is 35.0 Å². The highest BCUT2D eigenvalue weighted by atomic mass is 35.5. The van der Waals surface area contributed by atoms with Crippen molar-refractivity contribution in [3.8, 4) is 11.5 Å². The van der Waals surface area contributed by atoms with Gasteiger partial charge in [0.2, 0.25) is 0 Å². The van der Waals surface area contributed by atoms with Gasteiger partial charge in [0.25, 0.3) is 5.56 Å². The minimum atomic E-state index is -0.770. The third-order valence-electron chi connectivity index (χ3n) is 5.71. The first-order valence-corrected chi connectivity index (χ1v) is 13.7. The minimum absolute atomic E-state index is 0.0585. The van der Waals surface area contributed by atoms with Gasteiger partial charge in [0.1, 0.15) is 17.5 Å². The van der Waals surface area contributed by atoms with Gasteiger partial charge in [0.15, 0.2) is 4.80 Å². The van der Waals surface area contributed by atoms with Crippen molar-refractivity contribution in [2.75, 3.05) is 6.61 Å². The van der Waals surface area contributed by atoms with Gasteiger partial charge in [-0.15, -0.1) is 0 Å². The SMILES string of the molecule is CCOC(=O)C1=C(C)N=c2s/c(=C\c3cc(Cl)ccc3OC(C)C)c(=O)n2[C@@H]1c1ccccc1OC(C)C. The normalized spacial score (nSPS) is 15.5. The summed E-state index contributed by atoms with van der Waals surface area (Å²) in [7, 11) is 0. The van der Waals surface area contributed by atoms with Crippen LogP contribution < -0.4 is 24.4 Å². The van der Waals surface area contributed by atoms with Gasteiger partial charge in [-0.1, -0.05) is 41.1 Å². The van der Waals surface area contributed by atoms with E-state index in [1.165, 1.54) is 11.3 Å². The molecule has 9 heteroatoms. The second kappa shape index (κ2) is 11.6. The van der Waals surface area contributed by atoms with E-state index in [1.807, 2.05) is 52.0 Å². The van der Waals surface area contributed by atoms with Gasteiger partial charge >= 0.3 is 5.97 Å². The molecule has 1 aliphatic heterocycles. The van der Waals surface area contributed by atoms with Crippen LogP contribution in [0, 0.1) is 0 Å². The first kappa shape index (κ1) is 27.7. The predicted octanol–water partition coefficient (Wildman–Crippen LogP) is 5.03. The van der Waals surface area contributed by atoms with Crippen molar-refractivity contribution in [2.45, 2.75) is 59.8 Å².